The Morgan fingerprint density at radius 1 is 1.08 bits per heavy atom. The predicted molar refractivity (Wildman–Crippen MR) is 148 cm³/mol. The quantitative estimate of drug-likeness (QED) is 0.398. The number of aromatic nitrogens is 1. The molecule has 1 amide bonds. The number of hydrogen-bond acceptors (Lipinski definition) is 6. The van der Waals surface area contributed by atoms with E-state index in [1.54, 1.807) is 29.2 Å². The molecule has 1 aliphatic heterocycles. The summed E-state index contributed by atoms with van der Waals surface area (Å²) in [7, 11) is 0.449. The van der Waals surface area contributed by atoms with Crippen LogP contribution in [0.25, 0.3) is 10.2 Å². The summed E-state index contributed by atoms with van der Waals surface area (Å²) < 4.78 is 28.6. The van der Waals surface area contributed by atoms with Gasteiger partial charge in [0.2, 0.25) is 15.9 Å². The zero-order chi connectivity index (χ0) is 26.0. The Balaban J connectivity index is 1.52. The largest absolute Gasteiger partial charge is 0.309 e. The number of hydrogen-bond donors (Lipinski definition) is 0. The van der Waals surface area contributed by atoms with Crippen LogP contribution in [0.5, 0.6) is 0 Å². The van der Waals surface area contributed by atoms with Crippen LogP contribution >= 0.6 is 22.9 Å². The third-order valence-electron chi connectivity index (χ3n) is 6.63. The average Bonchev–Trinajstić information content (AvgIpc) is 3.30. The van der Waals surface area contributed by atoms with Crippen LogP contribution in [0.15, 0.2) is 41.3 Å². The highest BCUT2D eigenvalue weighted by molar-refractivity contribution is 7.89. The highest BCUT2D eigenvalue weighted by atomic mass is 35.5. The normalized spacial score (nSPS) is 15.6. The molecule has 4 rings (SSSR count). The Labute approximate surface area is 222 Å². The predicted octanol–water partition coefficient (Wildman–Crippen LogP) is 4.95. The first-order valence-corrected chi connectivity index (χ1v) is 14.8. The Kier molecular flexibility index (Phi) is 8.36. The van der Waals surface area contributed by atoms with E-state index in [2.05, 4.69) is 4.90 Å². The molecule has 0 atom stereocenters. The van der Waals surface area contributed by atoms with E-state index >= 15 is 0 Å². The van der Waals surface area contributed by atoms with Gasteiger partial charge in [0.15, 0.2) is 5.13 Å². The molecule has 1 fully saturated rings. The number of sulfonamides is 1. The number of halogens is 1. The van der Waals surface area contributed by atoms with Gasteiger partial charge in [0.1, 0.15) is 0 Å². The molecule has 0 bridgehead atoms. The molecule has 0 aliphatic carbocycles. The molecule has 1 aromatic heterocycles. The summed E-state index contributed by atoms with van der Waals surface area (Å²) in [5.41, 5.74) is 2.86. The Morgan fingerprint density at radius 2 is 1.75 bits per heavy atom. The molecule has 7 nitrogen and oxygen atoms in total. The second kappa shape index (κ2) is 11.1. The number of carbonyl (C=O) groups excluding carboxylic acids is 1. The third-order valence-corrected chi connectivity index (χ3v) is 10.1. The van der Waals surface area contributed by atoms with Gasteiger partial charge in [0, 0.05) is 25.6 Å². The van der Waals surface area contributed by atoms with Crippen molar-refractivity contribution in [2.45, 2.75) is 38.0 Å². The number of anilines is 1. The van der Waals surface area contributed by atoms with Crippen LogP contribution in [-0.2, 0) is 14.8 Å². The number of thiazole rings is 1. The summed E-state index contributed by atoms with van der Waals surface area (Å²) in [5.74, 6) is -0.244. The van der Waals surface area contributed by atoms with Crippen molar-refractivity contribution in [2.24, 2.45) is 5.92 Å². The minimum Gasteiger partial charge on any atom is -0.309 e. The van der Waals surface area contributed by atoms with Gasteiger partial charge in [-0.25, -0.2) is 13.4 Å². The van der Waals surface area contributed by atoms with Crippen molar-refractivity contribution in [1.29, 1.82) is 0 Å². The van der Waals surface area contributed by atoms with Gasteiger partial charge in [-0.2, -0.15) is 4.31 Å². The summed E-state index contributed by atoms with van der Waals surface area (Å²) >= 11 is 7.88. The first-order chi connectivity index (χ1) is 17.1. The van der Waals surface area contributed by atoms with E-state index < -0.39 is 10.0 Å². The molecular formula is C26H33ClN4O3S2. The van der Waals surface area contributed by atoms with Crippen molar-refractivity contribution < 1.29 is 13.2 Å². The average molecular weight is 549 g/mol. The number of benzene rings is 2. The summed E-state index contributed by atoms with van der Waals surface area (Å²) in [6.07, 6.45) is 1.78. The molecule has 0 saturated carbocycles. The number of aryl methyl sites for hydroxylation is 2. The number of amides is 1. The Morgan fingerprint density at radius 3 is 2.36 bits per heavy atom. The summed E-state index contributed by atoms with van der Waals surface area (Å²) in [4.78, 5) is 22.8. The van der Waals surface area contributed by atoms with Gasteiger partial charge < -0.3 is 4.90 Å². The van der Waals surface area contributed by atoms with Gasteiger partial charge in [0.05, 0.1) is 20.1 Å². The number of carbonyl (C=O) groups is 1. The molecule has 0 N–H and O–H groups in total. The van der Waals surface area contributed by atoms with Crippen LogP contribution in [0.1, 0.15) is 30.4 Å². The Bertz CT molecular complexity index is 1290. The van der Waals surface area contributed by atoms with Gasteiger partial charge in [-0.15, -0.1) is 0 Å². The van der Waals surface area contributed by atoms with Gasteiger partial charge in [-0.3, -0.25) is 9.69 Å². The lowest BCUT2D eigenvalue weighted by Crippen LogP contribution is -2.45. The second-order valence-corrected chi connectivity index (χ2v) is 13.0. The molecule has 10 heteroatoms. The Hall–Kier alpha value is -2.04. The van der Waals surface area contributed by atoms with Crippen molar-refractivity contribution in [3.8, 4) is 0 Å². The molecule has 0 spiro atoms. The van der Waals surface area contributed by atoms with Gasteiger partial charge in [-0.1, -0.05) is 46.7 Å². The van der Waals surface area contributed by atoms with E-state index in [0.717, 1.165) is 34.3 Å². The van der Waals surface area contributed by atoms with E-state index in [1.165, 1.54) is 15.6 Å². The minimum atomic E-state index is -3.57. The van der Waals surface area contributed by atoms with E-state index in [-0.39, 0.29) is 11.8 Å². The molecule has 2 heterocycles. The van der Waals surface area contributed by atoms with Crippen LogP contribution in [0.4, 0.5) is 5.13 Å². The summed E-state index contributed by atoms with van der Waals surface area (Å²) in [5, 5.41) is 1.29. The van der Waals surface area contributed by atoms with Gasteiger partial charge in [-0.05, 0) is 77.5 Å². The maximum Gasteiger partial charge on any atom is 0.243 e. The van der Waals surface area contributed by atoms with Crippen LogP contribution in [0, 0.1) is 19.8 Å². The topological polar surface area (TPSA) is 73.8 Å². The van der Waals surface area contributed by atoms with Crippen molar-refractivity contribution in [2.75, 3.05) is 45.2 Å². The standard InChI is InChI=1S/C26H33ClN4O3S2/c1-18-6-9-21(10-7-18)36(33,34)30-16-12-20(13-17-30)25(32)31(15-5-14-29(3)4)26-28-23-19(2)8-11-22(27)24(23)35-26/h6-11,20H,5,12-17H2,1-4H3. The van der Waals surface area contributed by atoms with Gasteiger partial charge in [0.25, 0.3) is 0 Å². The molecule has 3 aromatic rings. The summed E-state index contributed by atoms with van der Waals surface area (Å²) in [6.45, 7) is 5.96. The van der Waals surface area contributed by atoms with E-state index in [0.29, 0.717) is 47.5 Å². The van der Waals surface area contributed by atoms with Crippen molar-refractivity contribution in [1.82, 2.24) is 14.2 Å². The fraction of sp³-hybridized carbons (Fsp3) is 0.462. The maximum absolute atomic E-state index is 13.8. The number of rotatable bonds is 8. The monoisotopic (exact) mass is 548 g/mol. The molecule has 36 heavy (non-hydrogen) atoms. The molecule has 1 saturated heterocycles. The van der Waals surface area contributed by atoms with Crippen molar-refractivity contribution in [3.05, 3.63) is 52.5 Å². The van der Waals surface area contributed by atoms with E-state index in [1.807, 2.05) is 40.1 Å². The van der Waals surface area contributed by atoms with Crippen molar-refractivity contribution in [3.63, 3.8) is 0 Å². The number of piperidine rings is 1. The molecule has 194 valence electrons. The zero-order valence-corrected chi connectivity index (χ0v) is 23.6. The van der Waals surface area contributed by atoms with Crippen molar-refractivity contribution >= 4 is 54.2 Å². The molecule has 2 aromatic carbocycles. The van der Waals surface area contributed by atoms with E-state index in [4.69, 9.17) is 16.6 Å². The fourth-order valence-electron chi connectivity index (χ4n) is 4.47. The van der Waals surface area contributed by atoms with Gasteiger partial charge >= 0.3 is 0 Å². The SMILES string of the molecule is Cc1ccc(S(=O)(=O)N2CCC(C(=O)N(CCCN(C)C)c3nc4c(C)ccc(Cl)c4s3)CC2)cc1. The highest BCUT2D eigenvalue weighted by Crippen LogP contribution is 2.37. The smallest absolute Gasteiger partial charge is 0.243 e. The number of nitrogens with zero attached hydrogens (tertiary/aromatic N) is 4. The van der Waals surface area contributed by atoms with Crippen LogP contribution < -0.4 is 4.90 Å². The number of fused-ring (bicyclic) bond motifs is 1. The lowest BCUT2D eigenvalue weighted by atomic mass is 9.96. The molecule has 0 unspecified atom stereocenters. The summed E-state index contributed by atoms with van der Waals surface area (Å²) in [6, 6.07) is 10.7. The second-order valence-electron chi connectivity index (χ2n) is 9.68. The lowest BCUT2D eigenvalue weighted by Gasteiger charge is -2.33. The molecule has 0 radical (unpaired) electrons. The van der Waals surface area contributed by atoms with E-state index in [9.17, 15) is 13.2 Å². The molecular weight excluding hydrogens is 516 g/mol. The van der Waals surface area contributed by atoms with Crippen LogP contribution in [-0.4, -0.2) is 68.8 Å². The fourth-order valence-corrected chi connectivity index (χ4v) is 7.29. The first kappa shape index (κ1) is 27.0. The minimum absolute atomic E-state index is 0.00831. The highest BCUT2D eigenvalue weighted by Gasteiger charge is 2.35. The third kappa shape index (κ3) is 5.75. The van der Waals surface area contributed by atoms with Crippen LogP contribution in [0.2, 0.25) is 5.02 Å². The zero-order valence-electron chi connectivity index (χ0n) is 21.2. The lowest BCUT2D eigenvalue weighted by molar-refractivity contribution is -0.123. The molecule has 1 aliphatic rings. The maximum atomic E-state index is 13.8. The first-order valence-electron chi connectivity index (χ1n) is 12.2. The van der Waals surface area contributed by atoms with Crippen LogP contribution in [0.3, 0.4) is 0 Å².